The molecule has 3 rings (SSSR count). The molecule has 0 bridgehead atoms. The summed E-state index contributed by atoms with van der Waals surface area (Å²) in [5.74, 6) is -1.03. The summed E-state index contributed by atoms with van der Waals surface area (Å²) in [5, 5.41) is 76.6. The quantitative estimate of drug-likeness (QED) is 0.0682. The monoisotopic (exact) mass is 581 g/mol. The number of carbonyl (C=O) groups is 1. The smallest absolute Gasteiger partial charge is 0.188 e. The molecule has 19 nitrogen and oxygen atoms in total. The fourth-order valence-corrected chi connectivity index (χ4v) is 5.08. The summed E-state index contributed by atoms with van der Waals surface area (Å²) in [6.45, 7) is 0.620. The highest BCUT2D eigenvalue weighted by Gasteiger charge is 2.60. The van der Waals surface area contributed by atoms with Gasteiger partial charge >= 0.3 is 0 Å². The van der Waals surface area contributed by atoms with Gasteiger partial charge in [0.2, 0.25) is 0 Å². The maximum absolute atomic E-state index is 12.1. The van der Waals surface area contributed by atoms with Crippen LogP contribution in [0.4, 0.5) is 0 Å². The normalized spacial score (nSPS) is 47.4. The number of aliphatic imine (C=N–C) groups is 2. The van der Waals surface area contributed by atoms with Gasteiger partial charge in [-0.05, 0) is 14.0 Å². The number of guanidine groups is 2. The lowest BCUT2D eigenvalue weighted by atomic mass is 9.81. The molecular weight excluding hydrogens is 542 g/mol. The van der Waals surface area contributed by atoms with Gasteiger partial charge in [0.15, 0.2) is 36.4 Å². The molecular formula is C21H39N7O12. The zero-order valence-electron chi connectivity index (χ0n) is 21.7. The van der Waals surface area contributed by atoms with E-state index >= 15 is 0 Å². The van der Waals surface area contributed by atoms with Crippen LogP contribution in [0.25, 0.3) is 0 Å². The fourth-order valence-electron chi connectivity index (χ4n) is 5.08. The van der Waals surface area contributed by atoms with Crippen molar-refractivity contribution in [1.29, 1.82) is 0 Å². The number of aliphatic hydroxyl groups is 7. The van der Waals surface area contributed by atoms with E-state index in [0.29, 0.717) is 0 Å². The van der Waals surface area contributed by atoms with Gasteiger partial charge in [-0.3, -0.25) is 4.79 Å². The highest BCUT2D eigenvalue weighted by molar-refractivity contribution is 5.76. The third-order valence-electron chi connectivity index (χ3n) is 7.34. The predicted molar refractivity (Wildman–Crippen MR) is 133 cm³/mol. The largest absolute Gasteiger partial charge is 0.394 e. The summed E-state index contributed by atoms with van der Waals surface area (Å²) in [4.78, 5) is 19.7. The number of hydrogen-bond acceptors (Lipinski definition) is 15. The third kappa shape index (κ3) is 6.00. The van der Waals surface area contributed by atoms with Gasteiger partial charge in [-0.15, -0.1) is 0 Å². The number of hydrogen-bond donors (Lipinski definition) is 12. The minimum atomic E-state index is -2.38. The van der Waals surface area contributed by atoms with Crippen molar-refractivity contribution in [2.75, 3.05) is 13.7 Å². The molecule has 3 aliphatic rings. The maximum atomic E-state index is 12.1. The molecule has 0 amide bonds. The molecule has 16 N–H and O–H groups in total. The van der Waals surface area contributed by atoms with Crippen LogP contribution in [0.3, 0.4) is 0 Å². The molecule has 230 valence electrons. The molecule has 40 heavy (non-hydrogen) atoms. The second-order valence-electron chi connectivity index (χ2n) is 9.89. The first kappa shape index (κ1) is 32.2. The van der Waals surface area contributed by atoms with Gasteiger partial charge in [0.1, 0.15) is 60.9 Å². The van der Waals surface area contributed by atoms with Crippen molar-refractivity contribution < 1.29 is 59.5 Å². The molecule has 2 heterocycles. The fraction of sp³-hybridized carbons (Fsp3) is 0.857. The number of aliphatic hydroxyl groups excluding tert-OH is 6. The Morgan fingerprint density at radius 3 is 2.02 bits per heavy atom. The van der Waals surface area contributed by atoms with E-state index < -0.39 is 110 Å². The molecule has 19 heteroatoms. The molecule has 0 spiro atoms. The van der Waals surface area contributed by atoms with Gasteiger partial charge in [0.25, 0.3) is 0 Å². The molecule has 1 saturated carbocycles. The zero-order valence-corrected chi connectivity index (χ0v) is 21.7. The number of nitrogens with two attached hydrogens (primary N) is 4. The van der Waals surface area contributed by atoms with Crippen molar-refractivity contribution in [2.24, 2.45) is 32.9 Å². The molecule has 2 aliphatic heterocycles. The van der Waals surface area contributed by atoms with E-state index in [1.165, 1.54) is 14.0 Å². The highest BCUT2D eigenvalue weighted by atomic mass is 16.8. The first-order valence-corrected chi connectivity index (χ1v) is 12.4. The van der Waals surface area contributed by atoms with E-state index in [2.05, 4.69) is 15.3 Å². The molecule has 0 unspecified atom stereocenters. The van der Waals surface area contributed by atoms with E-state index in [1.54, 1.807) is 0 Å². The van der Waals surface area contributed by atoms with Gasteiger partial charge < -0.3 is 82.9 Å². The predicted octanol–water partition coefficient (Wildman–Crippen LogP) is -8.16. The number of carbonyl (C=O) groups excluding carboxylic acids is 1. The van der Waals surface area contributed by atoms with Crippen LogP contribution in [0.1, 0.15) is 6.92 Å². The SMILES string of the molecule is CN[C@@H]1[C@@H](O[C@H]2[C@H](O[C@H]3[C@H](O)[C@H](O)[C@H](N=C(N)N)[C@H](O)[C@@H]3N=C(N)N)O[C@@H](C)[C@@]2(O)C=O)O[C@@H](CO)[C@H](O)[C@H]1O. The molecule has 15 atom stereocenters. The van der Waals surface area contributed by atoms with Gasteiger partial charge in [-0.25, -0.2) is 9.98 Å². The Labute approximate surface area is 228 Å². The summed E-state index contributed by atoms with van der Waals surface area (Å²) in [6.07, 6.45) is -17.3. The number of likely N-dealkylation sites (N-methyl/N-ethyl adjacent to an activating group) is 1. The topological polar surface area (TPSA) is 336 Å². The van der Waals surface area contributed by atoms with E-state index in [4.69, 9.17) is 41.9 Å². The van der Waals surface area contributed by atoms with Crippen molar-refractivity contribution in [3.63, 3.8) is 0 Å². The number of aldehydes is 1. The van der Waals surface area contributed by atoms with Crippen LogP contribution in [0.15, 0.2) is 9.98 Å². The first-order valence-electron chi connectivity index (χ1n) is 12.4. The van der Waals surface area contributed by atoms with Crippen molar-refractivity contribution in [2.45, 2.75) is 98.2 Å². The molecule has 1 aliphatic carbocycles. The van der Waals surface area contributed by atoms with Crippen LogP contribution < -0.4 is 28.3 Å². The minimum absolute atomic E-state index is 0.140. The Hall–Kier alpha value is -2.27. The number of nitrogens with one attached hydrogen (secondary N) is 1. The van der Waals surface area contributed by atoms with Crippen LogP contribution in [0, 0.1) is 0 Å². The Kier molecular flexibility index (Phi) is 10.2. The highest BCUT2D eigenvalue weighted by Crippen LogP contribution is 2.38. The Morgan fingerprint density at radius 2 is 1.50 bits per heavy atom. The van der Waals surface area contributed by atoms with E-state index in [-0.39, 0.29) is 6.29 Å². The lowest BCUT2D eigenvalue weighted by Gasteiger charge is -2.45. The second kappa shape index (κ2) is 12.7. The molecule has 0 aromatic rings. The Bertz CT molecular complexity index is 940. The molecule has 0 aromatic carbocycles. The van der Waals surface area contributed by atoms with Crippen molar-refractivity contribution in [3.05, 3.63) is 0 Å². The lowest BCUT2D eigenvalue weighted by molar-refractivity contribution is -0.314. The van der Waals surface area contributed by atoms with Crippen LogP contribution in [-0.4, -0.2) is 159 Å². The number of nitrogens with zero attached hydrogens (tertiary/aromatic N) is 2. The molecule has 0 aromatic heterocycles. The van der Waals surface area contributed by atoms with Gasteiger partial charge in [-0.2, -0.15) is 0 Å². The zero-order chi connectivity index (χ0) is 30.1. The maximum Gasteiger partial charge on any atom is 0.188 e. The van der Waals surface area contributed by atoms with E-state index in [0.717, 1.165) is 0 Å². The summed E-state index contributed by atoms with van der Waals surface area (Å²) in [7, 11) is 1.42. The van der Waals surface area contributed by atoms with Crippen LogP contribution in [0.2, 0.25) is 0 Å². The second-order valence-corrected chi connectivity index (χ2v) is 9.89. The molecule has 3 fully saturated rings. The Morgan fingerprint density at radius 1 is 0.900 bits per heavy atom. The van der Waals surface area contributed by atoms with Crippen molar-refractivity contribution >= 4 is 18.2 Å². The van der Waals surface area contributed by atoms with Gasteiger partial charge in [0.05, 0.1) is 18.8 Å². The van der Waals surface area contributed by atoms with Gasteiger partial charge in [0, 0.05) is 0 Å². The average Bonchev–Trinajstić information content (AvgIpc) is 3.13. The Balaban J connectivity index is 1.96. The summed E-state index contributed by atoms with van der Waals surface area (Å²) in [5.41, 5.74) is 19.4. The first-order chi connectivity index (χ1) is 18.7. The van der Waals surface area contributed by atoms with Crippen LogP contribution >= 0.6 is 0 Å². The summed E-state index contributed by atoms with van der Waals surface area (Å²) < 4.78 is 22.9. The lowest BCUT2D eigenvalue weighted by Crippen LogP contribution is -2.66. The summed E-state index contributed by atoms with van der Waals surface area (Å²) in [6, 6.07) is -4.08. The molecule has 0 radical (unpaired) electrons. The minimum Gasteiger partial charge on any atom is -0.394 e. The van der Waals surface area contributed by atoms with E-state index in [9.17, 15) is 40.5 Å². The summed E-state index contributed by atoms with van der Waals surface area (Å²) >= 11 is 0. The average molecular weight is 582 g/mol. The van der Waals surface area contributed by atoms with E-state index in [1.807, 2.05) is 0 Å². The van der Waals surface area contributed by atoms with Gasteiger partial charge in [-0.1, -0.05) is 0 Å². The van der Waals surface area contributed by atoms with Crippen molar-refractivity contribution in [3.8, 4) is 0 Å². The standard InChI is InChI=1S/C21H39N7O12/c1-5-21(36,4-30)16(40-17-9(26-2)13(34)10(31)6(3-29)38-17)18(37-5)39-15-8(28-20(24)25)11(32)7(27-19(22)23)12(33)14(15)35/h4-18,26,29,31-36H,3H2,1-2H3,(H4,22,23,27)(H4,24,25,28)/t5-,6-,7+,8-,9-,10-,11-,12+,13-,14+,15+,16-,17+,18-,21-/m0/s1. The van der Waals surface area contributed by atoms with Crippen LogP contribution in [-0.2, 0) is 23.7 Å². The van der Waals surface area contributed by atoms with Crippen LogP contribution in [0.5, 0.6) is 0 Å². The van der Waals surface area contributed by atoms with Crippen molar-refractivity contribution in [1.82, 2.24) is 5.32 Å². The number of rotatable bonds is 9. The third-order valence-corrected chi connectivity index (χ3v) is 7.34. The molecule has 2 saturated heterocycles. The number of ether oxygens (including phenoxy) is 4.